The largest absolute Gasteiger partial charge is 0.448 e. The van der Waals surface area contributed by atoms with Gasteiger partial charge in [-0.1, -0.05) is 76.6 Å². The second kappa shape index (κ2) is 8.67. The molecule has 2 unspecified atom stereocenters. The van der Waals surface area contributed by atoms with Crippen LogP contribution in [0, 0.1) is 5.82 Å². The summed E-state index contributed by atoms with van der Waals surface area (Å²) in [4.78, 5) is 15.1. The summed E-state index contributed by atoms with van der Waals surface area (Å²) in [6.45, 7) is 1.06. The van der Waals surface area contributed by atoms with Crippen LogP contribution in [0.15, 0.2) is 77.3 Å². The first-order valence-electron chi connectivity index (χ1n) is 11.5. The molecule has 1 saturated heterocycles. The monoisotopic (exact) mass is 519 g/mol. The predicted molar refractivity (Wildman–Crippen MR) is 132 cm³/mol. The van der Waals surface area contributed by atoms with Gasteiger partial charge in [-0.15, -0.1) is 0 Å². The first kappa shape index (κ1) is 21.6. The molecule has 6 heteroatoms. The molecule has 3 aromatic rings. The zero-order valence-corrected chi connectivity index (χ0v) is 20.0. The SMILES string of the molecule is O=C(OCC1c2ccccc2-c2ccccc21)N1C2C=C(c3c(F)cccc3Br)CC1COC2. The molecule has 0 spiro atoms. The fourth-order valence-corrected chi connectivity index (χ4v) is 6.14. The summed E-state index contributed by atoms with van der Waals surface area (Å²) in [5, 5.41) is 0. The van der Waals surface area contributed by atoms with Gasteiger partial charge in [-0.25, -0.2) is 9.18 Å². The van der Waals surface area contributed by atoms with Gasteiger partial charge in [0.15, 0.2) is 0 Å². The zero-order valence-electron chi connectivity index (χ0n) is 18.4. The Morgan fingerprint density at radius 2 is 1.71 bits per heavy atom. The van der Waals surface area contributed by atoms with Crippen molar-refractivity contribution in [1.29, 1.82) is 0 Å². The molecule has 0 aromatic heterocycles. The molecule has 2 heterocycles. The minimum Gasteiger partial charge on any atom is -0.448 e. The highest BCUT2D eigenvalue weighted by atomic mass is 79.9. The molecule has 2 bridgehead atoms. The quantitative estimate of drug-likeness (QED) is 0.402. The van der Waals surface area contributed by atoms with Crippen molar-refractivity contribution in [2.24, 2.45) is 0 Å². The smallest absolute Gasteiger partial charge is 0.410 e. The van der Waals surface area contributed by atoms with E-state index in [0.29, 0.717) is 29.7 Å². The van der Waals surface area contributed by atoms with E-state index in [1.54, 1.807) is 11.0 Å². The number of benzene rings is 3. The number of morpholine rings is 1. The van der Waals surface area contributed by atoms with E-state index >= 15 is 0 Å². The number of ether oxygens (including phenoxy) is 2. The van der Waals surface area contributed by atoms with Crippen LogP contribution in [0.2, 0.25) is 0 Å². The van der Waals surface area contributed by atoms with Crippen molar-refractivity contribution in [3.8, 4) is 11.1 Å². The second-order valence-corrected chi connectivity index (χ2v) is 9.82. The second-order valence-electron chi connectivity index (χ2n) is 8.96. The van der Waals surface area contributed by atoms with Gasteiger partial charge in [0.05, 0.1) is 25.3 Å². The zero-order chi connectivity index (χ0) is 23.2. The number of carbonyl (C=O) groups excluding carboxylic acids is 1. The van der Waals surface area contributed by atoms with Gasteiger partial charge in [0, 0.05) is 16.0 Å². The first-order valence-corrected chi connectivity index (χ1v) is 12.3. The van der Waals surface area contributed by atoms with Crippen molar-refractivity contribution in [3.05, 3.63) is 99.8 Å². The maximum absolute atomic E-state index is 14.6. The fraction of sp³-hybridized carbons (Fsp3) is 0.250. The minimum absolute atomic E-state index is 0.0118. The summed E-state index contributed by atoms with van der Waals surface area (Å²) < 4.78 is 27.0. The van der Waals surface area contributed by atoms with Gasteiger partial charge < -0.3 is 9.47 Å². The molecular formula is C28H23BrFNO3. The Balaban J connectivity index is 1.24. The lowest BCUT2D eigenvalue weighted by Crippen LogP contribution is -2.56. The van der Waals surface area contributed by atoms with Crippen LogP contribution in [-0.2, 0) is 9.47 Å². The number of nitrogens with zero attached hydrogens (tertiary/aromatic N) is 1. The average Bonchev–Trinajstić information content (AvgIpc) is 3.15. The standard InChI is InChI=1S/C28H23BrFNO3/c29-25-10-5-11-26(30)27(25)17-12-18-14-33-15-19(13-17)31(18)28(32)34-16-24-22-8-3-1-6-20(22)21-7-2-4-9-23(21)24/h1-12,18-19,24H,13-16H2. The Hall–Kier alpha value is -2.96. The highest BCUT2D eigenvalue weighted by molar-refractivity contribution is 9.10. The molecule has 6 rings (SSSR count). The lowest BCUT2D eigenvalue weighted by molar-refractivity contribution is -0.0331. The van der Waals surface area contributed by atoms with E-state index in [9.17, 15) is 9.18 Å². The van der Waals surface area contributed by atoms with Crippen LogP contribution in [0.5, 0.6) is 0 Å². The van der Waals surface area contributed by atoms with E-state index in [0.717, 1.165) is 5.57 Å². The van der Waals surface area contributed by atoms with Crippen LogP contribution >= 0.6 is 15.9 Å². The summed E-state index contributed by atoms with van der Waals surface area (Å²) in [5.41, 5.74) is 6.23. The van der Waals surface area contributed by atoms with Crippen LogP contribution in [-0.4, -0.2) is 42.9 Å². The molecule has 0 saturated carbocycles. The Bertz CT molecular complexity index is 1240. The Kier molecular flexibility index (Phi) is 5.50. The van der Waals surface area contributed by atoms with E-state index < -0.39 is 0 Å². The molecule has 1 aliphatic carbocycles. The molecule has 0 N–H and O–H groups in total. The van der Waals surface area contributed by atoms with Gasteiger partial charge >= 0.3 is 6.09 Å². The van der Waals surface area contributed by atoms with Crippen molar-refractivity contribution in [2.45, 2.75) is 24.4 Å². The molecule has 34 heavy (non-hydrogen) atoms. The van der Waals surface area contributed by atoms with E-state index in [4.69, 9.17) is 9.47 Å². The Morgan fingerprint density at radius 1 is 1.00 bits per heavy atom. The van der Waals surface area contributed by atoms with Crippen LogP contribution in [0.1, 0.15) is 29.0 Å². The number of halogens is 2. The summed E-state index contributed by atoms with van der Waals surface area (Å²) in [6.07, 6.45) is 2.11. The van der Waals surface area contributed by atoms with Gasteiger partial charge in [-0.05, 0) is 46.4 Å². The van der Waals surface area contributed by atoms with E-state index in [2.05, 4.69) is 40.2 Å². The van der Waals surface area contributed by atoms with Crippen molar-refractivity contribution >= 4 is 27.6 Å². The molecule has 1 fully saturated rings. The number of hydrogen-bond donors (Lipinski definition) is 0. The summed E-state index contributed by atoms with van der Waals surface area (Å²) in [5.74, 6) is -0.257. The summed E-state index contributed by atoms with van der Waals surface area (Å²) in [7, 11) is 0. The van der Waals surface area contributed by atoms with Crippen molar-refractivity contribution in [1.82, 2.24) is 4.90 Å². The number of fused-ring (bicyclic) bond motifs is 5. The Labute approximate surface area is 206 Å². The third-order valence-electron chi connectivity index (χ3n) is 7.03. The highest BCUT2D eigenvalue weighted by Gasteiger charge is 2.40. The van der Waals surface area contributed by atoms with Crippen molar-refractivity contribution in [2.75, 3.05) is 19.8 Å². The molecule has 3 aromatic carbocycles. The summed E-state index contributed by atoms with van der Waals surface area (Å²) in [6, 6.07) is 21.1. The van der Waals surface area contributed by atoms with Gasteiger partial charge in [0.1, 0.15) is 12.4 Å². The van der Waals surface area contributed by atoms with Crippen LogP contribution in [0.25, 0.3) is 16.7 Å². The van der Waals surface area contributed by atoms with E-state index in [1.165, 1.54) is 28.3 Å². The number of amides is 1. The number of rotatable bonds is 3. The molecule has 4 nitrogen and oxygen atoms in total. The van der Waals surface area contributed by atoms with Gasteiger partial charge in [-0.2, -0.15) is 0 Å². The molecule has 3 aliphatic rings. The van der Waals surface area contributed by atoms with Gasteiger partial charge in [-0.3, -0.25) is 4.90 Å². The molecule has 2 atom stereocenters. The average molecular weight is 520 g/mol. The molecule has 1 amide bonds. The maximum Gasteiger partial charge on any atom is 0.410 e. The lowest BCUT2D eigenvalue weighted by atomic mass is 9.90. The minimum atomic E-state index is -0.344. The van der Waals surface area contributed by atoms with E-state index in [1.807, 2.05) is 36.4 Å². The van der Waals surface area contributed by atoms with E-state index in [-0.39, 0.29) is 36.5 Å². The van der Waals surface area contributed by atoms with Crippen LogP contribution in [0.4, 0.5) is 9.18 Å². The molecule has 2 aliphatic heterocycles. The predicted octanol–water partition coefficient (Wildman–Crippen LogP) is 6.39. The normalized spacial score (nSPS) is 21.0. The maximum atomic E-state index is 14.6. The van der Waals surface area contributed by atoms with Crippen LogP contribution in [0.3, 0.4) is 0 Å². The van der Waals surface area contributed by atoms with Crippen molar-refractivity contribution < 1.29 is 18.7 Å². The first-order chi connectivity index (χ1) is 16.6. The third kappa shape index (κ3) is 3.56. The lowest BCUT2D eigenvalue weighted by Gasteiger charge is -2.44. The molecular weight excluding hydrogens is 497 g/mol. The van der Waals surface area contributed by atoms with Crippen molar-refractivity contribution in [3.63, 3.8) is 0 Å². The Morgan fingerprint density at radius 3 is 2.38 bits per heavy atom. The van der Waals surface area contributed by atoms with Crippen LogP contribution < -0.4 is 0 Å². The van der Waals surface area contributed by atoms with Gasteiger partial charge in [0.2, 0.25) is 0 Å². The fourth-order valence-electron chi connectivity index (χ4n) is 5.54. The molecule has 0 radical (unpaired) electrons. The topological polar surface area (TPSA) is 38.8 Å². The molecule has 172 valence electrons. The van der Waals surface area contributed by atoms with Gasteiger partial charge in [0.25, 0.3) is 0 Å². The number of carbonyl (C=O) groups is 1. The highest BCUT2D eigenvalue weighted by Crippen LogP contribution is 2.45. The number of hydrogen-bond acceptors (Lipinski definition) is 3. The third-order valence-corrected chi connectivity index (χ3v) is 7.69. The summed E-state index contributed by atoms with van der Waals surface area (Å²) >= 11 is 3.48.